The van der Waals surface area contributed by atoms with Crippen LogP contribution in [0.2, 0.25) is 19.6 Å². The van der Waals surface area contributed by atoms with Crippen molar-refractivity contribution in [2.24, 2.45) is 46.8 Å². The fourth-order valence-electron chi connectivity index (χ4n) is 8.26. The zero-order chi connectivity index (χ0) is 19.3. The quantitative estimate of drug-likeness (QED) is 0.291. The van der Waals surface area contributed by atoms with Crippen LogP contribution in [0.25, 0.3) is 0 Å². The van der Waals surface area contributed by atoms with Crippen molar-refractivity contribution in [3.63, 3.8) is 0 Å². The minimum atomic E-state index is -1.70. The number of hydrogen-bond donors (Lipinski definition) is 0. The molecule has 4 fully saturated rings. The Morgan fingerprint density at radius 3 is 2.31 bits per heavy atom. The van der Waals surface area contributed by atoms with Gasteiger partial charge in [-0.2, -0.15) is 0 Å². The Labute approximate surface area is 167 Å². The van der Waals surface area contributed by atoms with Gasteiger partial charge in [-0.1, -0.05) is 26.8 Å². The zero-order valence-electron chi connectivity index (χ0n) is 17.9. The van der Waals surface area contributed by atoms with Gasteiger partial charge >= 0.3 is 0 Å². The topological polar surface area (TPSA) is 9.23 Å². The first kappa shape index (κ1) is 19.5. The summed E-state index contributed by atoms with van der Waals surface area (Å²) in [5, 5.41) is 0. The lowest BCUT2D eigenvalue weighted by Gasteiger charge is -2.52. The van der Waals surface area contributed by atoms with Gasteiger partial charge in [0.2, 0.25) is 0 Å². The van der Waals surface area contributed by atoms with Crippen molar-refractivity contribution < 1.29 is 4.43 Å². The monoisotopic (exact) mass is 394 g/mol. The van der Waals surface area contributed by atoms with Gasteiger partial charge in [0, 0.05) is 5.92 Å². The zero-order valence-corrected chi connectivity index (χ0v) is 19.7. The highest BCUT2D eigenvalue weighted by Crippen LogP contribution is 2.83. The van der Waals surface area contributed by atoms with Gasteiger partial charge in [0.1, 0.15) is 0 Å². The number of hydrogen-bond acceptors (Lipinski definition) is 1. The van der Waals surface area contributed by atoms with Gasteiger partial charge < -0.3 is 4.43 Å². The molecule has 0 N–H and O–H groups in total. The molecule has 3 heteroatoms. The molecule has 0 amide bonds. The number of allylic oxidation sites excluding steroid dienone is 1. The average Bonchev–Trinajstić information content (AvgIpc) is 2.90. The molecule has 0 bridgehead atoms. The van der Waals surface area contributed by atoms with Gasteiger partial charge in [-0.25, -0.2) is 0 Å². The highest BCUT2D eigenvalue weighted by atomic mass is 35.5. The molecule has 0 heterocycles. The van der Waals surface area contributed by atoms with Gasteiger partial charge in [0.25, 0.3) is 0 Å². The molecule has 0 radical (unpaired) electrons. The van der Waals surface area contributed by atoms with E-state index >= 15 is 0 Å². The van der Waals surface area contributed by atoms with Crippen LogP contribution in [-0.2, 0) is 4.43 Å². The molecule has 1 nitrogen and oxygen atoms in total. The summed E-state index contributed by atoms with van der Waals surface area (Å²) in [6.07, 6.45) is 7.63. The lowest BCUT2D eigenvalue weighted by atomic mass is 9.56. The van der Waals surface area contributed by atoms with E-state index in [1.165, 1.54) is 25.7 Å². The first-order valence-corrected chi connectivity index (χ1v) is 14.7. The van der Waals surface area contributed by atoms with Crippen LogP contribution in [0.5, 0.6) is 0 Å². The summed E-state index contributed by atoms with van der Waals surface area (Å²) in [4.78, 5) is -0.207. The van der Waals surface area contributed by atoms with E-state index < -0.39 is 8.32 Å². The summed E-state index contributed by atoms with van der Waals surface area (Å²) < 4.78 is 7.14. The minimum Gasteiger partial charge on any atom is -0.410 e. The standard InChI is InChI=1S/C23H39ClOSi/c1-9-15-10-11-17-18(15)23(25-26(6,7)8)20(22(23,5)24)19-16(14(2)3)12-13-21(17,19)4/h9,14-20H,1,10-13H2,2-8H3/t15-,16-,17-,18+,19+,20?,21+,22?,23?/m0/s1. The maximum Gasteiger partial charge on any atom is 0.184 e. The number of fused-ring (bicyclic) bond motifs is 6. The van der Waals surface area contributed by atoms with Gasteiger partial charge in [0.15, 0.2) is 8.32 Å². The van der Waals surface area contributed by atoms with E-state index in [1.807, 2.05) is 0 Å². The fourth-order valence-corrected chi connectivity index (χ4v) is 10.3. The number of rotatable bonds is 4. The molecule has 0 aliphatic heterocycles. The van der Waals surface area contributed by atoms with E-state index in [1.54, 1.807) is 0 Å². The van der Waals surface area contributed by atoms with Gasteiger partial charge in [-0.05, 0) is 93.2 Å². The Hall–Kier alpha value is 0.207. The Kier molecular flexibility index (Phi) is 4.23. The van der Waals surface area contributed by atoms with Crippen LogP contribution < -0.4 is 0 Å². The predicted octanol–water partition coefficient (Wildman–Crippen LogP) is 6.73. The van der Waals surface area contributed by atoms with Crippen molar-refractivity contribution in [2.75, 3.05) is 0 Å². The normalized spacial score (nSPS) is 55.4. The Balaban J connectivity index is 1.87. The summed E-state index contributed by atoms with van der Waals surface area (Å²) in [7, 11) is -1.70. The van der Waals surface area contributed by atoms with Crippen LogP contribution in [0, 0.1) is 46.8 Å². The molecule has 0 aromatic heterocycles. The van der Waals surface area contributed by atoms with Crippen molar-refractivity contribution in [1.82, 2.24) is 0 Å². The average molecular weight is 395 g/mol. The highest BCUT2D eigenvalue weighted by molar-refractivity contribution is 6.70. The second-order valence-corrected chi connectivity index (χ2v) is 16.9. The molecule has 0 spiro atoms. The van der Waals surface area contributed by atoms with Crippen molar-refractivity contribution in [3.05, 3.63) is 12.7 Å². The summed E-state index contributed by atoms with van der Waals surface area (Å²) >= 11 is 7.43. The minimum absolute atomic E-state index is 0.110. The van der Waals surface area contributed by atoms with E-state index in [4.69, 9.17) is 16.0 Å². The third-order valence-corrected chi connectivity index (χ3v) is 10.5. The number of halogens is 1. The summed E-state index contributed by atoms with van der Waals surface area (Å²) in [6.45, 7) is 21.1. The molecule has 4 rings (SSSR count). The van der Waals surface area contributed by atoms with E-state index in [-0.39, 0.29) is 10.5 Å². The molecule has 4 saturated carbocycles. The van der Waals surface area contributed by atoms with Crippen molar-refractivity contribution in [1.29, 1.82) is 0 Å². The van der Waals surface area contributed by atoms with E-state index in [9.17, 15) is 0 Å². The summed E-state index contributed by atoms with van der Waals surface area (Å²) in [5.41, 5.74) is 0.335. The summed E-state index contributed by atoms with van der Waals surface area (Å²) in [6, 6.07) is 0. The first-order valence-electron chi connectivity index (χ1n) is 10.9. The molecular formula is C23H39ClOSi. The van der Waals surface area contributed by atoms with Gasteiger partial charge in [0.05, 0.1) is 10.5 Å². The predicted molar refractivity (Wildman–Crippen MR) is 114 cm³/mol. The summed E-state index contributed by atoms with van der Waals surface area (Å²) in [5.74, 6) is 4.71. The Morgan fingerprint density at radius 1 is 1.12 bits per heavy atom. The Morgan fingerprint density at radius 2 is 1.77 bits per heavy atom. The molecule has 4 aliphatic rings. The molecule has 9 atom stereocenters. The smallest absolute Gasteiger partial charge is 0.184 e. The van der Waals surface area contributed by atoms with Crippen LogP contribution in [0.1, 0.15) is 53.4 Å². The Bertz CT molecular complexity index is 608. The van der Waals surface area contributed by atoms with Gasteiger partial charge in [-0.15, -0.1) is 18.2 Å². The molecule has 3 unspecified atom stereocenters. The second-order valence-electron chi connectivity index (χ2n) is 11.6. The van der Waals surface area contributed by atoms with Crippen molar-refractivity contribution >= 4 is 19.9 Å². The van der Waals surface area contributed by atoms with Crippen molar-refractivity contribution in [2.45, 2.75) is 83.5 Å². The molecule has 0 aromatic carbocycles. The van der Waals surface area contributed by atoms with Crippen LogP contribution in [0.3, 0.4) is 0 Å². The van der Waals surface area contributed by atoms with Gasteiger partial charge in [-0.3, -0.25) is 0 Å². The van der Waals surface area contributed by atoms with Crippen LogP contribution in [0.4, 0.5) is 0 Å². The van der Waals surface area contributed by atoms with Crippen molar-refractivity contribution in [3.8, 4) is 0 Å². The first-order chi connectivity index (χ1) is 11.9. The maximum absolute atomic E-state index is 7.43. The van der Waals surface area contributed by atoms with E-state index in [0.717, 1.165) is 23.7 Å². The SMILES string of the molecule is C=C[C@H]1CC[C@H]2[C@@H]1C1(O[Si](C)(C)C)C([C@H]3[C@H](C(C)C)CC[C@]23C)C1(C)Cl. The highest BCUT2D eigenvalue weighted by Gasteiger charge is 2.87. The van der Waals surface area contributed by atoms with E-state index in [2.05, 4.69) is 60.0 Å². The third kappa shape index (κ3) is 2.24. The third-order valence-electron chi connectivity index (χ3n) is 9.01. The largest absolute Gasteiger partial charge is 0.410 e. The molecule has 0 saturated heterocycles. The molecular weight excluding hydrogens is 356 g/mol. The molecule has 4 aliphatic carbocycles. The fraction of sp³-hybridized carbons (Fsp3) is 0.913. The molecule has 0 aromatic rings. The van der Waals surface area contributed by atoms with Crippen LogP contribution >= 0.6 is 11.6 Å². The second kappa shape index (κ2) is 5.63. The van der Waals surface area contributed by atoms with E-state index in [0.29, 0.717) is 23.2 Å². The maximum atomic E-state index is 7.43. The molecule has 148 valence electrons. The molecule has 26 heavy (non-hydrogen) atoms. The lowest BCUT2D eigenvalue weighted by molar-refractivity contribution is -0.0766. The van der Waals surface area contributed by atoms with Crippen LogP contribution in [0.15, 0.2) is 12.7 Å². The van der Waals surface area contributed by atoms with Crippen LogP contribution in [-0.4, -0.2) is 18.8 Å². The number of alkyl halides is 1. The lowest BCUT2D eigenvalue weighted by Crippen LogP contribution is -2.54.